The molecule has 1 unspecified atom stereocenters. The predicted octanol–water partition coefficient (Wildman–Crippen LogP) is 5.62. The van der Waals surface area contributed by atoms with Gasteiger partial charge in [0.1, 0.15) is 22.7 Å². The summed E-state index contributed by atoms with van der Waals surface area (Å²) < 4.78 is 65.3. The van der Waals surface area contributed by atoms with E-state index in [2.05, 4.69) is 10.2 Å². The molecule has 2 aliphatic rings. The molecule has 2 heterocycles. The lowest BCUT2D eigenvalue weighted by molar-refractivity contribution is -0.388. The zero-order valence-electron chi connectivity index (χ0n) is 22.8. The van der Waals surface area contributed by atoms with Gasteiger partial charge in [0.25, 0.3) is 5.69 Å². The molecule has 42 heavy (non-hydrogen) atoms. The van der Waals surface area contributed by atoms with E-state index in [0.29, 0.717) is 50.8 Å². The molecule has 1 aliphatic heterocycles. The minimum absolute atomic E-state index is 0.114. The van der Waals surface area contributed by atoms with E-state index in [1.54, 1.807) is 6.07 Å². The maximum absolute atomic E-state index is 13.4. The third-order valence-corrected chi connectivity index (χ3v) is 7.96. The van der Waals surface area contributed by atoms with Crippen molar-refractivity contribution in [3.63, 3.8) is 0 Å². The van der Waals surface area contributed by atoms with Crippen molar-refractivity contribution >= 4 is 28.6 Å². The summed E-state index contributed by atoms with van der Waals surface area (Å²) in [5, 5.41) is 14.8. The largest absolute Gasteiger partial charge is 0.461 e. The second-order valence-electron chi connectivity index (χ2n) is 10.8. The maximum Gasteiger partial charge on any atom is 0.423 e. The van der Waals surface area contributed by atoms with Crippen LogP contribution in [0.15, 0.2) is 46.9 Å². The molecule has 1 saturated heterocycles. The van der Waals surface area contributed by atoms with Crippen molar-refractivity contribution in [3.8, 4) is 0 Å². The molecular formula is C29H32F4N4O5. The first-order chi connectivity index (χ1) is 20.1. The Morgan fingerprint density at radius 2 is 1.81 bits per heavy atom. The number of halogens is 4. The molecule has 1 aromatic heterocycles. The number of aldehydes is 1. The fraction of sp³-hybridized carbons (Fsp3) is 0.483. The number of anilines is 1. The van der Waals surface area contributed by atoms with Crippen LogP contribution in [0.4, 0.5) is 28.9 Å². The Labute approximate surface area is 239 Å². The Kier molecular flexibility index (Phi) is 9.09. The van der Waals surface area contributed by atoms with E-state index >= 15 is 0 Å². The van der Waals surface area contributed by atoms with Crippen molar-refractivity contribution in [2.45, 2.75) is 56.7 Å². The lowest BCUT2D eigenvalue weighted by Crippen LogP contribution is -2.52. The summed E-state index contributed by atoms with van der Waals surface area (Å²) in [6.07, 6.45) is -1.66. The standard InChI is InChI=1S/C29H32F4N4O5/c30-20-1-8-27-19(15-20)16-24(41-27)9-10-35-11-13-36(14-12-35)28(18-38)42-23-5-2-21(3-6-23)34-22-4-7-26(37(39)40)25(17-22)29(31,32)33/h1,4,7-8,15-18,21,23,28,34H,2-3,5-6,9-14H2. The number of nitrogens with one attached hydrogen (secondary N) is 1. The number of rotatable bonds is 10. The van der Waals surface area contributed by atoms with Crippen LogP contribution >= 0.6 is 0 Å². The summed E-state index contributed by atoms with van der Waals surface area (Å²) in [6, 6.07) is 9.14. The third-order valence-electron chi connectivity index (χ3n) is 7.96. The van der Waals surface area contributed by atoms with Gasteiger partial charge < -0.3 is 19.4 Å². The molecule has 1 N–H and O–H groups in total. The quantitative estimate of drug-likeness (QED) is 0.140. The Balaban J connectivity index is 1.06. The van der Waals surface area contributed by atoms with Gasteiger partial charge in [-0.2, -0.15) is 13.2 Å². The molecule has 1 atom stereocenters. The number of piperazine rings is 1. The smallest absolute Gasteiger partial charge is 0.423 e. The van der Waals surface area contributed by atoms with Crippen LogP contribution in [0, 0.1) is 15.9 Å². The molecule has 0 radical (unpaired) electrons. The summed E-state index contributed by atoms with van der Waals surface area (Å²) in [6.45, 7) is 3.61. The molecular weight excluding hydrogens is 560 g/mol. The number of benzene rings is 2. The summed E-state index contributed by atoms with van der Waals surface area (Å²) in [7, 11) is 0. The molecule has 1 aliphatic carbocycles. The fourth-order valence-corrected chi connectivity index (χ4v) is 5.69. The van der Waals surface area contributed by atoms with Gasteiger partial charge in [-0.15, -0.1) is 0 Å². The minimum Gasteiger partial charge on any atom is -0.461 e. The van der Waals surface area contributed by atoms with Crippen LogP contribution in [-0.2, 0) is 22.1 Å². The van der Waals surface area contributed by atoms with Crippen molar-refractivity contribution in [1.82, 2.24) is 9.80 Å². The normalized spacial score (nSPS) is 21.3. The van der Waals surface area contributed by atoms with Crippen LogP contribution in [-0.4, -0.2) is 72.1 Å². The Hall–Kier alpha value is -3.55. The number of hydrogen-bond acceptors (Lipinski definition) is 8. The molecule has 0 amide bonds. The Bertz CT molecular complexity index is 1400. The predicted molar refractivity (Wildman–Crippen MR) is 147 cm³/mol. The third kappa shape index (κ3) is 7.26. The monoisotopic (exact) mass is 592 g/mol. The molecule has 3 aromatic rings. The molecule has 1 saturated carbocycles. The average molecular weight is 593 g/mol. The second kappa shape index (κ2) is 12.8. The number of fused-ring (bicyclic) bond motifs is 1. The van der Waals surface area contributed by atoms with Gasteiger partial charge in [0.05, 0.1) is 11.0 Å². The van der Waals surface area contributed by atoms with Crippen molar-refractivity contribution in [1.29, 1.82) is 0 Å². The second-order valence-corrected chi connectivity index (χ2v) is 10.8. The number of carbonyl (C=O) groups is 1. The molecule has 5 rings (SSSR count). The van der Waals surface area contributed by atoms with Gasteiger partial charge in [-0.05, 0) is 62.1 Å². The number of furan rings is 1. The van der Waals surface area contributed by atoms with Gasteiger partial charge >= 0.3 is 6.18 Å². The van der Waals surface area contributed by atoms with Gasteiger partial charge in [-0.25, -0.2) is 4.39 Å². The van der Waals surface area contributed by atoms with Crippen LogP contribution < -0.4 is 5.32 Å². The molecule has 226 valence electrons. The van der Waals surface area contributed by atoms with Gasteiger partial charge in [0, 0.05) is 62.3 Å². The zero-order valence-corrected chi connectivity index (χ0v) is 22.8. The summed E-state index contributed by atoms with van der Waals surface area (Å²) >= 11 is 0. The first-order valence-electron chi connectivity index (χ1n) is 14.0. The van der Waals surface area contributed by atoms with Crippen LogP contribution in [0.5, 0.6) is 0 Å². The number of hydrogen-bond donors (Lipinski definition) is 1. The molecule has 0 bridgehead atoms. The van der Waals surface area contributed by atoms with Crippen molar-refractivity contribution in [3.05, 3.63) is 69.7 Å². The highest BCUT2D eigenvalue weighted by molar-refractivity contribution is 5.77. The van der Waals surface area contributed by atoms with Crippen molar-refractivity contribution in [2.75, 3.05) is 38.0 Å². The zero-order chi connectivity index (χ0) is 29.9. The van der Waals surface area contributed by atoms with Crippen LogP contribution in [0.1, 0.15) is 37.0 Å². The molecule has 13 heteroatoms. The van der Waals surface area contributed by atoms with E-state index in [1.807, 2.05) is 11.0 Å². The highest BCUT2D eigenvalue weighted by Gasteiger charge is 2.38. The van der Waals surface area contributed by atoms with Crippen molar-refractivity contribution < 1.29 is 36.4 Å². The van der Waals surface area contributed by atoms with E-state index in [9.17, 15) is 32.5 Å². The van der Waals surface area contributed by atoms with Crippen LogP contribution in [0.3, 0.4) is 0 Å². The number of carbonyl (C=O) groups excluding carboxylic acids is 1. The lowest BCUT2D eigenvalue weighted by atomic mass is 9.92. The first-order valence-corrected chi connectivity index (χ1v) is 14.0. The van der Waals surface area contributed by atoms with Crippen LogP contribution in [0.2, 0.25) is 0 Å². The fourth-order valence-electron chi connectivity index (χ4n) is 5.69. The maximum atomic E-state index is 13.4. The van der Waals surface area contributed by atoms with E-state index in [-0.39, 0.29) is 23.7 Å². The molecule has 9 nitrogen and oxygen atoms in total. The topological polar surface area (TPSA) is 101 Å². The number of nitro groups is 1. The first kappa shape index (κ1) is 29.9. The van der Waals surface area contributed by atoms with Gasteiger partial charge in [0.15, 0.2) is 12.5 Å². The summed E-state index contributed by atoms with van der Waals surface area (Å²) in [5.74, 6) is 0.499. The van der Waals surface area contributed by atoms with E-state index < -0.39 is 28.6 Å². The van der Waals surface area contributed by atoms with Gasteiger partial charge in [-0.1, -0.05) is 0 Å². The Morgan fingerprint density at radius 1 is 1.07 bits per heavy atom. The molecule has 2 fully saturated rings. The summed E-state index contributed by atoms with van der Waals surface area (Å²) in [5.41, 5.74) is -1.42. The highest BCUT2D eigenvalue weighted by Crippen LogP contribution is 2.38. The number of alkyl halides is 3. The number of nitro benzene ring substituents is 1. The van der Waals surface area contributed by atoms with Crippen LogP contribution in [0.25, 0.3) is 11.0 Å². The van der Waals surface area contributed by atoms with Crippen molar-refractivity contribution in [2.24, 2.45) is 0 Å². The van der Waals surface area contributed by atoms with E-state index in [1.165, 1.54) is 18.2 Å². The van der Waals surface area contributed by atoms with E-state index in [0.717, 1.165) is 49.2 Å². The van der Waals surface area contributed by atoms with Gasteiger partial charge in [0.2, 0.25) is 0 Å². The SMILES string of the molecule is O=CC(OC1CCC(Nc2ccc([N+](=O)[O-])c(C(F)(F)F)c2)CC1)N1CCN(CCc2cc3cc(F)ccc3o2)CC1. The summed E-state index contributed by atoms with van der Waals surface area (Å²) in [4.78, 5) is 26.2. The molecule has 0 spiro atoms. The average Bonchev–Trinajstić information content (AvgIpc) is 3.37. The lowest BCUT2D eigenvalue weighted by Gasteiger charge is -2.39. The minimum atomic E-state index is -4.84. The number of nitrogens with zero attached hydrogens (tertiary/aromatic N) is 3. The highest BCUT2D eigenvalue weighted by atomic mass is 19.4. The molecule has 2 aromatic carbocycles. The Morgan fingerprint density at radius 3 is 2.48 bits per heavy atom. The number of ether oxygens (including phenoxy) is 1. The van der Waals surface area contributed by atoms with E-state index in [4.69, 9.17) is 9.15 Å². The van der Waals surface area contributed by atoms with Gasteiger partial charge in [-0.3, -0.25) is 19.8 Å².